The maximum Gasteiger partial charge on any atom is 0.337 e. The Morgan fingerprint density at radius 3 is 2.55 bits per heavy atom. The van der Waals surface area contributed by atoms with Crippen molar-refractivity contribution in [2.45, 2.75) is 39.7 Å². The van der Waals surface area contributed by atoms with Crippen LogP contribution in [0.3, 0.4) is 0 Å². The fourth-order valence-corrected chi connectivity index (χ4v) is 3.11. The van der Waals surface area contributed by atoms with Gasteiger partial charge in [0, 0.05) is 24.2 Å². The second-order valence-corrected chi connectivity index (χ2v) is 5.59. The average molecular weight is 303 g/mol. The summed E-state index contributed by atoms with van der Waals surface area (Å²) in [4.78, 5) is 11.7. The van der Waals surface area contributed by atoms with Gasteiger partial charge in [0.15, 0.2) is 0 Å². The van der Waals surface area contributed by atoms with Crippen molar-refractivity contribution in [3.8, 4) is 0 Å². The Morgan fingerprint density at radius 1 is 1.27 bits per heavy atom. The lowest BCUT2D eigenvalue weighted by Gasteiger charge is -2.09. The van der Waals surface area contributed by atoms with Crippen LogP contribution in [0.5, 0.6) is 0 Å². The molecule has 0 radical (unpaired) electrons. The Kier molecular flexibility index (Phi) is 5.21. The minimum atomic E-state index is -0.888. The fourth-order valence-electron chi connectivity index (χ4n) is 3.11. The maximum atomic E-state index is 11.7. The van der Waals surface area contributed by atoms with Crippen molar-refractivity contribution in [1.29, 1.82) is 0 Å². The average Bonchev–Trinajstić information content (AvgIpc) is 2.77. The summed E-state index contributed by atoms with van der Waals surface area (Å²) in [6, 6.07) is 3.90. The molecule has 5 heteroatoms. The molecule has 120 valence electrons. The number of aryl methyl sites for hydroxylation is 2. The van der Waals surface area contributed by atoms with Crippen LogP contribution in [0.25, 0.3) is 10.9 Å². The molecule has 1 aromatic heterocycles. The third-order valence-corrected chi connectivity index (χ3v) is 4.23. The molecule has 5 nitrogen and oxygen atoms in total. The van der Waals surface area contributed by atoms with E-state index in [0.717, 1.165) is 41.4 Å². The lowest BCUT2D eigenvalue weighted by Crippen LogP contribution is -2.13. The number of hydrogen-bond donors (Lipinski definition) is 3. The Balaban J connectivity index is 2.80. The van der Waals surface area contributed by atoms with Gasteiger partial charge in [0.05, 0.1) is 11.1 Å². The summed E-state index contributed by atoms with van der Waals surface area (Å²) in [6.45, 7) is 5.81. The largest absolute Gasteiger partial charge is 0.478 e. The van der Waals surface area contributed by atoms with Crippen molar-refractivity contribution in [2.75, 3.05) is 13.1 Å². The number of carboxylic acid groups (broad SMARTS) is 1. The molecule has 0 amide bonds. The van der Waals surface area contributed by atoms with Crippen LogP contribution in [-0.4, -0.2) is 28.7 Å². The zero-order valence-corrected chi connectivity index (χ0v) is 13.4. The van der Waals surface area contributed by atoms with Crippen molar-refractivity contribution in [2.24, 2.45) is 11.5 Å². The van der Waals surface area contributed by atoms with Crippen LogP contribution in [0.4, 0.5) is 0 Å². The van der Waals surface area contributed by atoms with Gasteiger partial charge in [0.2, 0.25) is 0 Å². The minimum absolute atomic E-state index is 0.366. The third kappa shape index (κ3) is 2.87. The molecule has 0 saturated carbocycles. The van der Waals surface area contributed by atoms with E-state index >= 15 is 0 Å². The van der Waals surface area contributed by atoms with Crippen LogP contribution < -0.4 is 11.5 Å². The Morgan fingerprint density at radius 2 is 2.00 bits per heavy atom. The molecule has 0 spiro atoms. The number of hydrogen-bond acceptors (Lipinski definition) is 3. The summed E-state index contributed by atoms with van der Waals surface area (Å²) in [5, 5.41) is 10.6. The van der Waals surface area contributed by atoms with Gasteiger partial charge in [-0.15, -0.1) is 0 Å². The molecule has 1 aromatic carbocycles. The quantitative estimate of drug-likeness (QED) is 0.729. The van der Waals surface area contributed by atoms with Gasteiger partial charge in [-0.2, -0.15) is 0 Å². The first-order chi connectivity index (χ1) is 10.5. The number of rotatable bonds is 7. The van der Waals surface area contributed by atoms with E-state index in [-0.39, 0.29) is 0 Å². The molecule has 5 N–H and O–H groups in total. The molecule has 0 bridgehead atoms. The number of aromatic nitrogens is 1. The standard InChI is InChI=1S/C17H25N3O2/c1-3-12-9-14-13(5-4-6-18)11(2)20(8-7-19)16(14)15(10-12)17(21)22/h9-10H,3-8,18-19H2,1-2H3,(H,21,22). The Bertz CT molecular complexity index is 689. The van der Waals surface area contributed by atoms with Crippen molar-refractivity contribution in [3.05, 3.63) is 34.5 Å². The van der Waals surface area contributed by atoms with Crippen molar-refractivity contribution in [1.82, 2.24) is 4.57 Å². The summed E-state index contributed by atoms with van der Waals surface area (Å²) in [6.07, 6.45) is 2.57. The molecule has 0 fully saturated rings. The highest BCUT2D eigenvalue weighted by atomic mass is 16.4. The number of carboxylic acids is 1. The first-order valence-corrected chi connectivity index (χ1v) is 7.83. The zero-order chi connectivity index (χ0) is 16.3. The molecule has 22 heavy (non-hydrogen) atoms. The normalized spacial score (nSPS) is 11.3. The lowest BCUT2D eigenvalue weighted by molar-refractivity contribution is 0.0698. The molecule has 0 aliphatic carbocycles. The molecule has 0 saturated heterocycles. The van der Waals surface area contributed by atoms with Crippen LogP contribution in [0.15, 0.2) is 12.1 Å². The SMILES string of the molecule is CCc1cc(C(=O)O)c2c(c1)c(CCCN)c(C)n2CCN. The molecule has 0 atom stereocenters. The van der Waals surface area contributed by atoms with E-state index in [4.69, 9.17) is 11.5 Å². The predicted molar refractivity (Wildman–Crippen MR) is 89.4 cm³/mol. The molecule has 2 rings (SSSR count). The summed E-state index contributed by atoms with van der Waals surface area (Å²) in [7, 11) is 0. The Labute approximate surface area is 130 Å². The van der Waals surface area contributed by atoms with Gasteiger partial charge in [0.25, 0.3) is 0 Å². The second kappa shape index (κ2) is 6.94. The van der Waals surface area contributed by atoms with Crippen LogP contribution in [-0.2, 0) is 19.4 Å². The van der Waals surface area contributed by atoms with E-state index in [1.54, 1.807) is 6.07 Å². The zero-order valence-electron chi connectivity index (χ0n) is 13.4. The monoisotopic (exact) mass is 303 g/mol. The minimum Gasteiger partial charge on any atom is -0.478 e. The molecule has 0 aliphatic heterocycles. The van der Waals surface area contributed by atoms with Gasteiger partial charge in [-0.25, -0.2) is 4.79 Å². The van der Waals surface area contributed by atoms with E-state index in [2.05, 4.69) is 6.07 Å². The van der Waals surface area contributed by atoms with Crippen molar-refractivity contribution in [3.63, 3.8) is 0 Å². The van der Waals surface area contributed by atoms with E-state index in [1.807, 2.05) is 18.4 Å². The van der Waals surface area contributed by atoms with Crippen molar-refractivity contribution >= 4 is 16.9 Å². The van der Waals surface area contributed by atoms with Crippen LogP contribution in [0.2, 0.25) is 0 Å². The highest BCUT2D eigenvalue weighted by molar-refractivity contribution is 6.04. The maximum absolute atomic E-state index is 11.7. The van der Waals surface area contributed by atoms with Gasteiger partial charge in [-0.3, -0.25) is 0 Å². The first-order valence-electron chi connectivity index (χ1n) is 7.83. The molecule has 0 aliphatic rings. The molecular weight excluding hydrogens is 278 g/mol. The lowest BCUT2D eigenvalue weighted by atomic mass is 10.00. The van der Waals surface area contributed by atoms with Gasteiger partial charge in [-0.1, -0.05) is 6.92 Å². The van der Waals surface area contributed by atoms with Gasteiger partial charge in [0.1, 0.15) is 0 Å². The van der Waals surface area contributed by atoms with E-state index in [1.165, 1.54) is 5.56 Å². The molecular formula is C17H25N3O2. The summed E-state index contributed by atoms with van der Waals surface area (Å²) in [5.41, 5.74) is 15.9. The smallest absolute Gasteiger partial charge is 0.337 e. The summed E-state index contributed by atoms with van der Waals surface area (Å²) in [5.74, 6) is -0.888. The number of benzene rings is 1. The number of aromatic carboxylic acids is 1. The van der Waals surface area contributed by atoms with Crippen molar-refractivity contribution < 1.29 is 9.90 Å². The summed E-state index contributed by atoms with van der Waals surface area (Å²) < 4.78 is 2.05. The summed E-state index contributed by atoms with van der Waals surface area (Å²) >= 11 is 0. The van der Waals surface area contributed by atoms with Gasteiger partial charge < -0.3 is 21.1 Å². The van der Waals surface area contributed by atoms with E-state index < -0.39 is 5.97 Å². The number of nitrogens with zero attached hydrogens (tertiary/aromatic N) is 1. The predicted octanol–water partition coefficient (Wildman–Crippen LogP) is 2.06. The van der Waals surface area contributed by atoms with Gasteiger partial charge in [-0.05, 0) is 56.0 Å². The fraction of sp³-hybridized carbons (Fsp3) is 0.471. The number of carbonyl (C=O) groups is 1. The third-order valence-electron chi connectivity index (χ3n) is 4.23. The topological polar surface area (TPSA) is 94.3 Å². The molecule has 0 unspecified atom stereocenters. The Hall–Kier alpha value is -1.85. The molecule has 2 aromatic rings. The second-order valence-electron chi connectivity index (χ2n) is 5.59. The number of fused-ring (bicyclic) bond motifs is 1. The van der Waals surface area contributed by atoms with Crippen LogP contribution in [0, 0.1) is 6.92 Å². The van der Waals surface area contributed by atoms with Crippen LogP contribution >= 0.6 is 0 Å². The van der Waals surface area contributed by atoms with E-state index in [9.17, 15) is 9.90 Å². The first kappa shape index (κ1) is 16.5. The van der Waals surface area contributed by atoms with E-state index in [0.29, 0.717) is 25.2 Å². The molecule has 1 heterocycles. The highest BCUT2D eigenvalue weighted by Gasteiger charge is 2.20. The van der Waals surface area contributed by atoms with Crippen LogP contribution in [0.1, 0.15) is 40.5 Å². The highest BCUT2D eigenvalue weighted by Crippen LogP contribution is 2.31. The number of nitrogens with two attached hydrogens (primary N) is 2. The van der Waals surface area contributed by atoms with Gasteiger partial charge >= 0.3 is 5.97 Å².